The number of para-hydroxylation sites is 1. The van der Waals surface area contributed by atoms with Gasteiger partial charge in [0.05, 0.1) is 16.6 Å². The van der Waals surface area contributed by atoms with Crippen molar-refractivity contribution in [3.63, 3.8) is 0 Å². The van der Waals surface area contributed by atoms with Gasteiger partial charge in [0.1, 0.15) is 5.82 Å². The van der Waals surface area contributed by atoms with Gasteiger partial charge in [-0.2, -0.15) is 0 Å². The fourth-order valence-electron chi connectivity index (χ4n) is 4.00. The maximum absolute atomic E-state index is 11.7. The van der Waals surface area contributed by atoms with E-state index in [2.05, 4.69) is 19.8 Å². The number of carbonyl (C=O) groups is 1. The second-order valence-electron chi connectivity index (χ2n) is 6.81. The number of aromatic nitrogens is 2. The van der Waals surface area contributed by atoms with Crippen LogP contribution in [0, 0.1) is 12.8 Å². The van der Waals surface area contributed by atoms with E-state index in [-0.39, 0.29) is 5.91 Å². The zero-order chi connectivity index (χ0) is 15.8. The number of hydrogen-bond donors (Lipinski definition) is 1. The first-order valence-corrected chi connectivity index (χ1v) is 8.69. The van der Waals surface area contributed by atoms with Crippen molar-refractivity contribution in [3.8, 4) is 0 Å². The first-order valence-electron chi connectivity index (χ1n) is 8.69. The Morgan fingerprint density at radius 1 is 1.13 bits per heavy atom. The Labute approximate surface area is 136 Å². The normalized spacial score (nSPS) is 25.5. The van der Waals surface area contributed by atoms with E-state index in [1.165, 1.54) is 38.9 Å². The molecule has 5 heteroatoms. The Morgan fingerprint density at radius 3 is 2.48 bits per heavy atom. The molecule has 0 unspecified atom stereocenters. The zero-order valence-corrected chi connectivity index (χ0v) is 13.7. The summed E-state index contributed by atoms with van der Waals surface area (Å²) in [7, 11) is 0. The van der Waals surface area contributed by atoms with Crippen molar-refractivity contribution >= 4 is 16.9 Å². The first kappa shape index (κ1) is 14.7. The molecule has 1 aromatic heterocycles. The Morgan fingerprint density at radius 2 is 1.87 bits per heavy atom. The number of rotatable bonds is 0. The van der Waals surface area contributed by atoms with Crippen LogP contribution >= 0.6 is 0 Å². The third-order valence-corrected chi connectivity index (χ3v) is 5.38. The van der Waals surface area contributed by atoms with Gasteiger partial charge in [-0.3, -0.25) is 4.79 Å². The summed E-state index contributed by atoms with van der Waals surface area (Å²) in [5, 5.41) is 2.88. The molecule has 1 N–H and O–H groups in total. The molecule has 122 valence electrons. The fourth-order valence-corrected chi connectivity index (χ4v) is 4.00. The van der Waals surface area contributed by atoms with Crippen LogP contribution in [0.2, 0.25) is 0 Å². The van der Waals surface area contributed by atoms with Crippen LogP contribution in [-0.2, 0) is 6.54 Å². The van der Waals surface area contributed by atoms with Crippen molar-refractivity contribution < 1.29 is 4.79 Å². The van der Waals surface area contributed by atoms with Crippen LogP contribution in [0.5, 0.6) is 0 Å². The van der Waals surface area contributed by atoms with Gasteiger partial charge < -0.3 is 14.8 Å². The summed E-state index contributed by atoms with van der Waals surface area (Å²) in [4.78, 5) is 18.8. The number of aryl methyl sites for hydroxylation is 1. The maximum atomic E-state index is 11.7. The molecule has 5 heterocycles. The molecule has 4 aliphatic heterocycles. The van der Waals surface area contributed by atoms with E-state index >= 15 is 0 Å². The number of hydrogen-bond acceptors (Lipinski definition) is 3. The predicted molar refractivity (Wildman–Crippen MR) is 90.6 cm³/mol. The third-order valence-electron chi connectivity index (χ3n) is 5.38. The molecule has 5 nitrogen and oxygen atoms in total. The number of imidazole rings is 1. The highest BCUT2D eigenvalue weighted by atomic mass is 16.1. The summed E-state index contributed by atoms with van der Waals surface area (Å²) < 4.78 is 2.10. The Bertz CT molecular complexity index is 705. The van der Waals surface area contributed by atoms with E-state index < -0.39 is 0 Å². The Hall–Kier alpha value is -1.88. The second kappa shape index (κ2) is 5.96. The van der Waals surface area contributed by atoms with E-state index in [1.54, 1.807) is 0 Å². The fraction of sp³-hybridized carbons (Fsp3) is 0.556. The standard InChI is InChI=1S/C11H11N3O.C7H13N/c1-7-13-9-4-2-3-8-10(9)14(7)6-5-12-11(8)15;1-4-8-5-2-7(1)3-6-8/h2-4H,5-6H2,1H3,(H,12,15);7H,1-6H2. The molecule has 3 saturated heterocycles. The van der Waals surface area contributed by atoms with E-state index in [0.29, 0.717) is 6.54 Å². The molecule has 1 amide bonds. The molecule has 4 aliphatic rings. The molecule has 2 aromatic rings. The van der Waals surface area contributed by atoms with Crippen LogP contribution in [0.4, 0.5) is 0 Å². The highest BCUT2D eigenvalue weighted by Gasteiger charge is 2.24. The molecule has 2 bridgehead atoms. The zero-order valence-electron chi connectivity index (χ0n) is 13.7. The summed E-state index contributed by atoms with van der Waals surface area (Å²) in [5.74, 6) is 2.08. The number of nitrogens with one attached hydrogen (secondary N) is 1. The molecular weight excluding hydrogens is 288 g/mol. The summed E-state index contributed by atoms with van der Waals surface area (Å²) in [5.41, 5.74) is 2.60. The summed E-state index contributed by atoms with van der Waals surface area (Å²) >= 11 is 0. The minimum atomic E-state index is -0.000694. The van der Waals surface area contributed by atoms with Crippen LogP contribution in [0.15, 0.2) is 18.2 Å². The van der Waals surface area contributed by atoms with E-state index in [0.717, 1.165) is 34.9 Å². The highest BCUT2D eigenvalue weighted by molar-refractivity contribution is 6.05. The Kier molecular flexibility index (Phi) is 3.81. The number of carbonyl (C=O) groups excluding carboxylic acids is 1. The number of fused-ring (bicyclic) bond motifs is 3. The van der Waals surface area contributed by atoms with E-state index in [9.17, 15) is 4.79 Å². The molecule has 0 atom stereocenters. The molecule has 0 saturated carbocycles. The van der Waals surface area contributed by atoms with Gasteiger partial charge in [0, 0.05) is 13.1 Å². The largest absolute Gasteiger partial charge is 0.350 e. The van der Waals surface area contributed by atoms with Gasteiger partial charge in [-0.15, -0.1) is 0 Å². The van der Waals surface area contributed by atoms with Crippen molar-refractivity contribution in [2.75, 3.05) is 26.2 Å². The summed E-state index contributed by atoms with van der Waals surface area (Å²) in [6.07, 6.45) is 4.46. The quantitative estimate of drug-likeness (QED) is 0.811. The second-order valence-corrected chi connectivity index (χ2v) is 6.81. The van der Waals surface area contributed by atoms with E-state index in [1.807, 2.05) is 25.1 Å². The highest BCUT2D eigenvalue weighted by Crippen LogP contribution is 2.26. The van der Waals surface area contributed by atoms with Crippen LogP contribution < -0.4 is 5.32 Å². The molecule has 23 heavy (non-hydrogen) atoms. The van der Waals surface area contributed by atoms with Crippen molar-refractivity contribution in [1.82, 2.24) is 19.8 Å². The molecule has 0 spiro atoms. The number of nitrogens with zero attached hydrogens (tertiary/aromatic N) is 3. The van der Waals surface area contributed by atoms with Crippen LogP contribution in [0.25, 0.3) is 11.0 Å². The van der Waals surface area contributed by atoms with Gasteiger partial charge in [-0.1, -0.05) is 6.07 Å². The van der Waals surface area contributed by atoms with Gasteiger partial charge in [-0.25, -0.2) is 4.98 Å². The van der Waals surface area contributed by atoms with Gasteiger partial charge in [0.2, 0.25) is 0 Å². The molecular formula is C18H24N4O. The minimum Gasteiger partial charge on any atom is -0.350 e. The smallest absolute Gasteiger partial charge is 0.253 e. The SMILES string of the molecule is C1CN2CCC1CC2.Cc1nc2cccc3c2n1CCNC3=O. The summed E-state index contributed by atoms with van der Waals surface area (Å²) in [6.45, 7) is 7.62. The van der Waals surface area contributed by atoms with Crippen molar-refractivity contribution in [1.29, 1.82) is 0 Å². The van der Waals surface area contributed by atoms with Crippen LogP contribution in [-0.4, -0.2) is 46.5 Å². The number of benzene rings is 1. The molecule has 0 radical (unpaired) electrons. The van der Waals surface area contributed by atoms with Crippen molar-refractivity contribution in [3.05, 3.63) is 29.6 Å². The lowest BCUT2D eigenvalue weighted by Crippen LogP contribution is -2.41. The molecule has 6 rings (SSSR count). The Balaban J connectivity index is 0.000000142. The van der Waals surface area contributed by atoms with Gasteiger partial charge in [0.25, 0.3) is 5.91 Å². The average Bonchev–Trinajstić information content (AvgIpc) is 2.81. The topological polar surface area (TPSA) is 50.2 Å². The molecule has 1 aromatic carbocycles. The summed E-state index contributed by atoms with van der Waals surface area (Å²) in [6, 6.07) is 5.67. The lowest BCUT2D eigenvalue weighted by atomic mass is 9.89. The van der Waals surface area contributed by atoms with Crippen molar-refractivity contribution in [2.45, 2.75) is 32.7 Å². The van der Waals surface area contributed by atoms with Gasteiger partial charge >= 0.3 is 0 Å². The number of piperidine rings is 3. The first-order chi connectivity index (χ1) is 11.2. The van der Waals surface area contributed by atoms with Crippen LogP contribution in [0.1, 0.15) is 35.4 Å². The monoisotopic (exact) mass is 312 g/mol. The predicted octanol–water partition coefficient (Wildman–Crippen LogP) is 2.19. The van der Waals surface area contributed by atoms with E-state index in [4.69, 9.17) is 0 Å². The molecule has 0 aliphatic carbocycles. The average molecular weight is 312 g/mol. The van der Waals surface area contributed by atoms with Gasteiger partial charge in [0.15, 0.2) is 0 Å². The minimum absolute atomic E-state index is 0.000694. The maximum Gasteiger partial charge on any atom is 0.253 e. The number of amides is 1. The third kappa shape index (κ3) is 2.74. The van der Waals surface area contributed by atoms with Gasteiger partial charge in [-0.05, 0) is 63.9 Å². The molecule has 3 fully saturated rings. The van der Waals surface area contributed by atoms with Crippen LogP contribution in [0.3, 0.4) is 0 Å². The van der Waals surface area contributed by atoms with Crippen molar-refractivity contribution in [2.24, 2.45) is 5.92 Å². The lowest BCUT2D eigenvalue weighted by Gasteiger charge is -2.38. The lowest BCUT2D eigenvalue weighted by molar-refractivity contribution is 0.0956.